The van der Waals surface area contributed by atoms with Gasteiger partial charge in [-0.15, -0.1) is 11.3 Å². The van der Waals surface area contributed by atoms with E-state index >= 15 is 0 Å². The fourth-order valence-electron chi connectivity index (χ4n) is 3.30. The van der Waals surface area contributed by atoms with Crippen molar-refractivity contribution in [2.75, 3.05) is 31.1 Å². The maximum Gasteiger partial charge on any atom is 0.222 e. The van der Waals surface area contributed by atoms with Crippen molar-refractivity contribution in [3.8, 4) is 0 Å². The summed E-state index contributed by atoms with van der Waals surface area (Å²) in [5, 5.41) is 1.90. The Labute approximate surface area is 170 Å². The van der Waals surface area contributed by atoms with E-state index in [0.29, 0.717) is 38.3 Å². The third kappa shape index (κ3) is 5.16. The van der Waals surface area contributed by atoms with Crippen molar-refractivity contribution in [1.82, 2.24) is 14.9 Å². The summed E-state index contributed by atoms with van der Waals surface area (Å²) in [6.07, 6.45) is 1.48. The molecule has 0 saturated carbocycles. The summed E-state index contributed by atoms with van der Waals surface area (Å²) in [4.78, 5) is 38.6. The van der Waals surface area contributed by atoms with Gasteiger partial charge in [0.25, 0.3) is 0 Å². The summed E-state index contributed by atoms with van der Waals surface area (Å²) in [5.41, 5.74) is 0.975. The lowest BCUT2D eigenvalue weighted by Crippen LogP contribution is -2.49. The van der Waals surface area contributed by atoms with Gasteiger partial charge < -0.3 is 9.80 Å². The second-order valence-corrected chi connectivity index (χ2v) is 8.45. The number of aromatic nitrogens is 2. The lowest BCUT2D eigenvalue weighted by molar-refractivity contribution is -0.131. The van der Waals surface area contributed by atoms with Crippen LogP contribution < -0.4 is 4.90 Å². The highest BCUT2D eigenvalue weighted by molar-refractivity contribution is 7.12. The number of hydrogen-bond acceptors (Lipinski definition) is 6. The fourth-order valence-corrected chi connectivity index (χ4v) is 3.99. The molecule has 1 fully saturated rings. The van der Waals surface area contributed by atoms with E-state index in [4.69, 9.17) is 4.98 Å². The van der Waals surface area contributed by atoms with E-state index in [-0.39, 0.29) is 11.7 Å². The maximum atomic E-state index is 12.5. The zero-order valence-corrected chi connectivity index (χ0v) is 17.7. The van der Waals surface area contributed by atoms with Gasteiger partial charge in [0.05, 0.1) is 4.88 Å². The molecule has 0 radical (unpaired) electrons. The van der Waals surface area contributed by atoms with Gasteiger partial charge in [-0.2, -0.15) is 0 Å². The monoisotopic (exact) mass is 400 g/mol. The molecule has 7 heteroatoms. The molecule has 0 atom stereocenters. The van der Waals surface area contributed by atoms with E-state index in [0.717, 1.165) is 35.3 Å². The fraction of sp³-hybridized carbons (Fsp3) is 0.524. The van der Waals surface area contributed by atoms with Gasteiger partial charge in [0, 0.05) is 56.7 Å². The van der Waals surface area contributed by atoms with Gasteiger partial charge in [-0.3, -0.25) is 9.59 Å². The molecule has 0 aliphatic carbocycles. The molecule has 28 heavy (non-hydrogen) atoms. The van der Waals surface area contributed by atoms with Crippen molar-refractivity contribution >= 4 is 28.8 Å². The molecule has 1 saturated heterocycles. The molecule has 150 valence electrons. The smallest absolute Gasteiger partial charge is 0.222 e. The highest BCUT2D eigenvalue weighted by Gasteiger charge is 2.22. The van der Waals surface area contributed by atoms with Crippen LogP contribution in [0.5, 0.6) is 0 Å². The van der Waals surface area contributed by atoms with Crippen molar-refractivity contribution < 1.29 is 9.59 Å². The molecule has 1 aliphatic rings. The highest BCUT2D eigenvalue weighted by atomic mass is 32.1. The van der Waals surface area contributed by atoms with Gasteiger partial charge in [-0.25, -0.2) is 9.97 Å². The molecule has 0 aromatic carbocycles. The zero-order chi connectivity index (χ0) is 20.1. The molecule has 1 aliphatic heterocycles. The van der Waals surface area contributed by atoms with Gasteiger partial charge in [-0.05, 0) is 24.8 Å². The van der Waals surface area contributed by atoms with Crippen LogP contribution in [0.2, 0.25) is 0 Å². The largest absolute Gasteiger partial charge is 0.353 e. The Bertz CT molecular complexity index is 812. The van der Waals surface area contributed by atoms with Crippen molar-refractivity contribution in [3.05, 3.63) is 40.0 Å². The first kappa shape index (κ1) is 20.5. The van der Waals surface area contributed by atoms with E-state index in [1.807, 2.05) is 35.4 Å². The van der Waals surface area contributed by atoms with Crippen LogP contribution in [0.25, 0.3) is 0 Å². The van der Waals surface area contributed by atoms with Gasteiger partial charge in [0.1, 0.15) is 11.6 Å². The Kier molecular flexibility index (Phi) is 6.78. The number of hydrogen-bond donors (Lipinski definition) is 0. The van der Waals surface area contributed by atoms with Gasteiger partial charge in [0.2, 0.25) is 5.91 Å². The minimum Gasteiger partial charge on any atom is -0.353 e. The summed E-state index contributed by atoms with van der Waals surface area (Å²) in [6.45, 7) is 9.11. The predicted octanol–water partition coefficient (Wildman–Crippen LogP) is 3.67. The van der Waals surface area contributed by atoms with Crippen LogP contribution in [-0.2, 0) is 4.79 Å². The van der Waals surface area contributed by atoms with E-state index in [2.05, 4.69) is 23.7 Å². The summed E-state index contributed by atoms with van der Waals surface area (Å²) in [6, 6.07) is 5.74. The summed E-state index contributed by atoms with van der Waals surface area (Å²) >= 11 is 1.46. The topological polar surface area (TPSA) is 66.4 Å². The Balaban J connectivity index is 1.47. The number of ketones is 1. The summed E-state index contributed by atoms with van der Waals surface area (Å²) < 4.78 is 0. The molecule has 2 aromatic rings. The lowest BCUT2D eigenvalue weighted by atomic mass is 10.1. The average Bonchev–Trinajstić information content (AvgIpc) is 3.22. The minimum absolute atomic E-state index is 0.132. The number of piperazine rings is 1. The van der Waals surface area contributed by atoms with Gasteiger partial charge in [0.15, 0.2) is 5.78 Å². The second-order valence-electron chi connectivity index (χ2n) is 7.50. The van der Waals surface area contributed by atoms with Crippen molar-refractivity contribution in [3.63, 3.8) is 0 Å². The number of carbonyl (C=O) groups is 2. The van der Waals surface area contributed by atoms with E-state index in [1.54, 1.807) is 0 Å². The molecular weight excluding hydrogens is 372 g/mol. The van der Waals surface area contributed by atoms with Crippen molar-refractivity contribution in [2.24, 2.45) is 0 Å². The standard InChI is InChI=1S/C21H28N4O2S/c1-15(2)21-22-16(3)14-19(23-21)24-9-11-25(12-10-24)20(27)8-4-6-17(26)18-7-5-13-28-18/h5,7,13-15H,4,6,8-12H2,1-3H3. The number of Topliss-reactive ketones (excluding diaryl/α,β-unsaturated/α-hetero) is 1. The first-order valence-electron chi connectivity index (χ1n) is 9.89. The van der Waals surface area contributed by atoms with Crippen LogP contribution in [0.1, 0.15) is 60.2 Å². The first-order valence-corrected chi connectivity index (χ1v) is 10.8. The number of anilines is 1. The number of carbonyl (C=O) groups excluding carboxylic acids is 2. The molecule has 2 aromatic heterocycles. The summed E-state index contributed by atoms with van der Waals surface area (Å²) in [5.74, 6) is 2.38. The van der Waals surface area contributed by atoms with Gasteiger partial charge in [-0.1, -0.05) is 19.9 Å². The van der Waals surface area contributed by atoms with Crippen molar-refractivity contribution in [2.45, 2.75) is 46.0 Å². The molecule has 0 bridgehead atoms. The molecule has 3 heterocycles. The minimum atomic E-state index is 0.132. The SMILES string of the molecule is Cc1cc(N2CCN(C(=O)CCCC(=O)c3cccs3)CC2)nc(C(C)C)n1. The van der Waals surface area contributed by atoms with Crippen LogP contribution in [0.4, 0.5) is 5.82 Å². The van der Waals surface area contributed by atoms with Crippen LogP contribution in [0, 0.1) is 6.92 Å². The first-order chi connectivity index (χ1) is 13.4. The molecule has 1 amide bonds. The number of amides is 1. The van der Waals surface area contributed by atoms with E-state index in [9.17, 15) is 9.59 Å². The van der Waals surface area contributed by atoms with Crippen LogP contribution in [-0.4, -0.2) is 52.7 Å². The third-order valence-corrected chi connectivity index (χ3v) is 5.83. The molecule has 6 nitrogen and oxygen atoms in total. The maximum absolute atomic E-state index is 12.5. The Morgan fingerprint density at radius 3 is 2.54 bits per heavy atom. The predicted molar refractivity (Wildman–Crippen MR) is 112 cm³/mol. The zero-order valence-electron chi connectivity index (χ0n) is 16.9. The Morgan fingerprint density at radius 2 is 1.89 bits per heavy atom. The van der Waals surface area contributed by atoms with Crippen LogP contribution >= 0.6 is 11.3 Å². The van der Waals surface area contributed by atoms with E-state index < -0.39 is 0 Å². The molecule has 3 rings (SSSR count). The molecule has 0 N–H and O–H groups in total. The third-order valence-electron chi connectivity index (χ3n) is 4.92. The van der Waals surface area contributed by atoms with Crippen LogP contribution in [0.3, 0.4) is 0 Å². The normalized spacial score (nSPS) is 14.6. The number of nitrogens with zero attached hydrogens (tertiary/aromatic N) is 4. The Morgan fingerprint density at radius 1 is 1.14 bits per heavy atom. The second kappa shape index (κ2) is 9.28. The molecule has 0 unspecified atom stereocenters. The summed E-state index contributed by atoms with van der Waals surface area (Å²) in [7, 11) is 0. The van der Waals surface area contributed by atoms with Gasteiger partial charge >= 0.3 is 0 Å². The lowest BCUT2D eigenvalue weighted by Gasteiger charge is -2.35. The number of thiophene rings is 1. The molecular formula is C21H28N4O2S. The molecule has 0 spiro atoms. The quantitative estimate of drug-likeness (QED) is 0.664. The van der Waals surface area contributed by atoms with Crippen LogP contribution in [0.15, 0.2) is 23.6 Å². The average molecular weight is 401 g/mol. The number of aryl methyl sites for hydroxylation is 1. The van der Waals surface area contributed by atoms with E-state index in [1.165, 1.54) is 11.3 Å². The number of rotatable bonds is 7. The van der Waals surface area contributed by atoms with Crippen molar-refractivity contribution in [1.29, 1.82) is 0 Å². The highest BCUT2D eigenvalue weighted by Crippen LogP contribution is 2.19. The Hall–Kier alpha value is -2.28.